The van der Waals surface area contributed by atoms with Crippen molar-refractivity contribution in [3.63, 3.8) is 0 Å². The largest absolute Gasteiger partial charge is 0.327 e. The molecule has 0 heterocycles. The minimum Gasteiger partial charge on any atom is -0.327 e. The molecule has 0 amide bonds. The second-order valence-corrected chi connectivity index (χ2v) is 5.56. The molecular weight excluding hydrogens is 283 g/mol. The van der Waals surface area contributed by atoms with Gasteiger partial charge in [-0.3, -0.25) is 0 Å². The zero-order valence-electron chi connectivity index (χ0n) is 10.7. The summed E-state index contributed by atoms with van der Waals surface area (Å²) < 4.78 is 39.0. The smallest absolute Gasteiger partial charge is 0.129 e. The highest BCUT2D eigenvalue weighted by molar-refractivity contribution is 7.99. The molecule has 106 valence electrons. The van der Waals surface area contributed by atoms with E-state index in [1.807, 2.05) is 0 Å². The van der Waals surface area contributed by atoms with Crippen molar-refractivity contribution in [2.45, 2.75) is 17.4 Å². The number of rotatable bonds is 5. The van der Waals surface area contributed by atoms with Gasteiger partial charge in [-0.15, -0.1) is 11.8 Å². The Kier molecular flexibility index (Phi) is 5.09. The summed E-state index contributed by atoms with van der Waals surface area (Å²) >= 11 is 1.48. The molecule has 2 aromatic rings. The Morgan fingerprint density at radius 3 is 2.25 bits per heavy atom. The Hall–Kier alpha value is -1.46. The van der Waals surface area contributed by atoms with Gasteiger partial charge in [0.1, 0.15) is 17.5 Å². The third-order valence-corrected chi connectivity index (χ3v) is 3.98. The minimum atomic E-state index is -0.597. The van der Waals surface area contributed by atoms with Gasteiger partial charge in [0.05, 0.1) is 0 Å². The first-order chi connectivity index (χ1) is 9.54. The molecule has 2 aromatic carbocycles. The number of nitrogens with two attached hydrogens (primary N) is 1. The van der Waals surface area contributed by atoms with Crippen LogP contribution in [0.2, 0.25) is 0 Å². The fraction of sp³-hybridized carbons (Fsp3) is 0.200. The van der Waals surface area contributed by atoms with Crippen LogP contribution in [0.3, 0.4) is 0 Å². The molecule has 1 unspecified atom stereocenters. The van der Waals surface area contributed by atoms with E-state index in [0.29, 0.717) is 17.7 Å². The molecule has 0 saturated heterocycles. The van der Waals surface area contributed by atoms with Gasteiger partial charge < -0.3 is 5.73 Å². The van der Waals surface area contributed by atoms with Crippen molar-refractivity contribution in [3.05, 3.63) is 65.5 Å². The molecule has 2 rings (SSSR count). The maximum atomic E-state index is 13.5. The van der Waals surface area contributed by atoms with Crippen molar-refractivity contribution in [2.75, 3.05) is 5.75 Å². The average Bonchev–Trinajstić information content (AvgIpc) is 2.41. The van der Waals surface area contributed by atoms with E-state index in [1.165, 1.54) is 36.0 Å². The molecule has 0 aromatic heterocycles. The Balaban J connectivity index is 1.89. The molecule has 0 saturated carbocycles. The first-order valence-electron chi connectivity index (χ1n) is 6.12. The van der Waals surface area contributed by atoms with Crippen LogP contribution in [0.1, 0.15) is 5.56 Å². The highest BCUT2D eigenvalue weighted by Crippen LogP contribution is 2.20. The quantitative estimate of drug-likeness (QED) is 0.850. The monoisotopic (exact) mass is 297 g/mol. The lowest BCUT2D eigenvalue weighted by Gasteiger charge is -2.12. The Bertz CT molecular complexity index is 572. The highest BCUT2D eigenvalue weighted by atomic mass is 32.2. The molecule has 0 aliphatic rings. The summed E-state index contributed by atoms with van der Waals surface area (Å²) in [5.41, 5.74) is 6.34. The van der Waals surface area contributed by atoms with Crippen LogP contribution < -0.4 is 5.73 Å². The van der Waals surface area contributed by atoms with Crippen LogP contribution in [0.15, 0.2) is 47.4 Å². The third kappa shape index (κ3) is 4.28. The van der Waals surface area contributed by atoms with Crippen molar-refractivity contribution in [1.29, 1.82) is 0 Å². The van der Waals surface area contributed by atoms with Gasteiger partial charge in [0.2, 0.25) is 0 Å². The summed E-state index contributed by atoms with van der Waals surface area (Å²) in [4.78, 5) is 0.904. The summed E-state index contributed by atoms with van der Waals surface area (Å²) in [7, 11) is 0. The fourth-order valence-corrected chi connectivity index (χ4v) is 2.62. The average molecular weight is 297 g/mol. The van der Waals surface area contributed by atoms with Crippen LogP contribution in [-0.2, 0) is 6.42 Å². The molecule has 2 N–H and O–H groups in total. The predicted octanol–water partition coefficient (Wildman–Crippen LogP) is 3.77. The molecule has 0 aliphatic carbocycles. The van der Waals surface area contributed by atoms with Crippen molar-refractivity contribution < 1.29 is 13.2 Å². The Morgan fingerprint density at radius 2 is 1.60 bits per heavy atom. The standard InChI is InChI=1S/C15H14F3NS/c16-11-3-5-14(6-4-11)20-9-13(19)7-10-1-2-12(17)8-15(10)18/h1-6,8,13H,7,9,19H2. The predicted molar refractivity (Wildman–Crippen MR) is 75.2 cm³/mol. The molecular formula is C15H14F3NS. The zero-order chi connectivity index (χ0) is 14.5. The number of thioether (sulfide) groups is 1. The van der Waals surface area contributed by atoms with Crippen LogP contribution in [-0.4, -0.2) is 11.8 Å². The van der Waals surface area contributed by atoms with Gasteiger partial charge in [-0.25, -0.2) is 13.2 Å². The van der Waals surface area contributed by atoms with E-state index >= 15 is 0 Å². The fourth-order valence-electron chi connectivity index (χ4n) is 1.76. The summed E-state index contributed by atoms with van der Waals surface area (Å²) in [5, 5.41) is 0. The normalized spacial score (nSPS) is 12.4. The van der Waals surface area contributed by atoms with Gasteiger partial charge in [0.15, 0.2) is 0 Å². The van der Waals surface area contributed by atoms with Gasteiger partial charge in [-0.1, -0.05) is 6.07 Å². The van der Waals surface area contributed by atoms with E-state index in [9.17, 15) is 13.2 Å². The molecule has 0 fully saturated rings. The maximum absolute atomic E-state index is 13.5. The lowest BCUT2D eigenvalue weighted by atomic mass is 10.1. The van der Waals surface area contributed by atoms with Crippen LogP contribution >= 0.6 is 11.8 Å². The number of benzene rings is 2. The number of hydrogen-bond donors (Lipinski definition) is 1. The van der Waals surface area contributed by atoms with Crippen LogP contribution in [0.5, 0.6) is 0 Å². The van der Waals surface area contributed by atoms with Gasteiger partial charge in [-0.2, -0.15) is 0 Å². The van der Waals surface area contributed by atoms with E-state index in [2.05, 4.69) is 0 Å². The SMILES string of the molecule is NC(CSc1ccc(F)cc1)Cc1ccc(F)cc1F. The molecule has 0 aliphatic heterocycles. The molecule has 20 heavy (non-hydrogen) atoms. The van der Waals surface area contributed by atoms with E-state index < -0.39 is 11.6 Å². The van der Waals surface area contributed by atoms with Gasteiger partial charge in [-0.05, 0) is 42.3 Å². The van der Waals surface area contributed by atoms with E-state index in [0.717, 1.165) is 11.0 Å². The summed E-state index contributed by atoms with van der Waals surface area (Å²) in [6.07, 6.45) is 0.334. The summed E-state index contributed by atoms with van der Waals surface area (Å²) in [5.74, 6) is -0.887. The molecule has 1 nitrogen and oxygen atoms in total. The second kappa shape index (κ2) is 6.81. The van der Waals surface area contributed by atoms with Gasteiger partial charge in [0, 0.05) is 22.8 Å². The summed E-state index contributed by atoms with van der Waals surface area (Å²) in [6.45, 7) is 0. The molecule has 5 heteroatoms. The topological polar surface area (TPSA) is 26.0 Å². The van der Waals surface area contributed by atoms with Crippen molar-refractivity contribution in [1.82, 2.24) is 0 Å². The number of hydrogen-bond acceptors (Lipinski definition) is 2. The van der Waals surface area contributed by atoms with E-state index in [4.69, 9.17) is 5.73 Å². The van der Waals surface area contributed by atoms with Gasteiger partial charge >= 0.3 is 0 Å². The molecule has 1 atom stereocenters. The highest BCUT2D eigenvalue weighted by Gasteiger charge is 2.10. The maximum Gasteiger partial charge on any atom is 0.129 e. The van der Waals surface area contributed by atoms with E-state index in [-0.39, 0.29) is 11.9 Å². The zero-order valence-corrected chi connectivity index (χ0v) is 11.5. The van der Waals surface area contributed by atoms with Gasteiger partial charge in [0.25, 0.3) is 0 Å². The van der Waals surface area contributed by atoms with Crippen LogP contribution in [0.4, 0.5) is 13.2 Å². The van der Waals surface area contributed by atoms with Crippen LogP contribution in [0.25, 0.3) is 0 Å². The Labute approximate surface area is 120 Å². The van der Waals surface area contributed by atoms with Crippen molar-refractivity contribution in [2.24, 2.45) is 5.73 Å². The lowest BCUT2D eigenvalue weighted by Crippen LogP contribution is -2.26. The second-order valence-electron chi connectivity index (χ2n) is 4.46. The Morgan fingerprint density at radius 1 is 0.950 bits per heavy atom. The third-order valence-electron chi connectivity index (χ3n) is 2.77. The molecule has 0 radical (unpaired) electrons. The summed E-state index contributed by atoms with van der Waals surface area (Å²) in [6, 6.07) is 9.34. The first-order valence-corrected chi connectivity index (χ1v) is 7.11. The lowest BCUT2D eigenvalue weighted by molar-refractivity contribution is 0.565. The van der Waals surface area contributed by atoms with Crippen molar-refractivity contribution in [3.8, 4) is 0 Å². The molecule has 0 spiro atoms. The first kappa shape index (κ1) is 14.9. The number of halogens is 3. The van der Waals surface area contributed by atoms with Crippen LogP contribution in [0, 0.1) is 17.5 Å². The van der Waals surface area contributed by atoms with Crippen molar-refractivity contribution >= 4 is 11.8 Å². The minimum absolute atomic E-state index is 0.259. The molecule has 0 bridgehead atoms. The van der Waals surface area contributed by atoms with E-state index in [1.54, 1.807) is 12.1 Å².